The first kappa shape index (κ1) is 14.1. The van der Waals surface area contributed by atoms with Crippen LogP contribution >= 0.6 is 12.2 Å². The molecule has 1 saturated heterocycles. The highest BCUT2D eigenvalue weighted by molar-refractivity contribution is 7.80. The van der Waals surface area contributed by atoms with Crippen LogP contribution in [0.2, 0.25) is 0 Å². The molecule has 0 bridgehead atoms. The van der Waals surface area contributed by atoms with Gasteiger partial charge >= 0.3 is 0 Å². The number of halogens is 2. The Bertz CT molecular complexity index is 476. The van der Waals surface area contributed by atoms with E-state index in [1.54, 1.807) is 0 Å². The van der Waals surface area contributed by atoms with Gasteiger partial charge < -0.3 is 15.8 Å². The molecule has 1 fully saturated rings. The standard InChI is InChI=1S/C13H16F2N2OS/c14-11-9(13(16)19)4-5-10(12(11)15)17-7-8-3-1-2-6-18-8/h4-5,8,17H,1-3,6-7H2,(H2,16,19). The molecule has 1 aliphatic rings. The van der Waals surface area contributed by atoms with E-state index in [1.807, 2.05) is 0 Å². The predicted octanol–water partition coefficient (Wildman–Crippen LogP) is 2.58. The van der Waals surface area contributed by atoms with Crippen molar-refractivity contribution in [3.63, 3.8) is 0 Å². The Balaban J connectivity index is 2.04. The van der Waals surface area contributed by atoms with Crippen LogP contribution < -0.4 is 11.1 Å². The van der Waals surface area contributed by atoms with Gasteiger partial charge in [-0.3, -0.25) is 0 Å². The molecule has 0 radical (unpaired) electrons. The second kappa shape index (κ2) is 6.25. The Morgan fingerprint density at radius 1 is 1.37 bits per heavy atom. The molecule has 1 aromatic carbocycles. The van der Waals surface area contributed by atoms with Crippen LogP contribution in [0.15, 0.2) is 12.1 Å². The summed E-state index contributed by atoms with van der Waals surface area (Å²) in [5.74, 6) is -1.97. The number of anilines is 1. The van der Waals surface area contributed by atoms with Gasteiger partial charge in [0.15, 0.2) is 11.6 Å². The third kappa shape index (κ3) is 3.39. The van der Waals surface area contributed by atoms with Crippen LogP contribution in [-0.4, -0.2) is 24.2 Å². The lowest BCUT2D eigenvalue weighted by Crippen LogP contribution is -2.27. The maximum absolute atomic E-state index is 13.8. The Morgan fingerprint density at radius 3 is 2.79 bits per heavy atom. The first-order chi connectivity index (χ1) is 9.09. The fourth-order valence-electron chi connectivity index (χ4n) is 2.07. The van der Waals surface area contributed by atoms with E-state index >= 15 is 0 Å². The van der Waals surface area contributed by atoms with E-state index in [9.17, 15) is 8.78 Å². The number of hydrogen-bond donors (Lipinski definition) is 2. The second-order valence-electron chi connectivity index (χ2n) is 4.52. The molecule has 1 aliphatic heterocycles. The summed E-state index contributed by atoms with van der Waals surface area (Å²) in [5.41, 5.74) is 5.34. The average Bonchev–Trinajstić information content (AvgIpc) is 2.41. The minimum atomic E-state index is -1.01. The zero-order valence-electron chi connectivity index (χ0n) is 10.4. The zero-order chi connectivity index (χ0) is 13.8. The van der Waals surface area contributed by atoms with E-state index in [0.717, 1.165) is 25.9 Å². The number of nitrogens with one attached hydrogen (secondary N) is 1. The van der Waals surface area contributed by atoms with Gasteiger partial charge in [-0.05, 0) is 31.4 Å². The number of ether oxygens (including phenoxy) is 1. The van der Waals surface area contributed by atoms with Gasteiger partial charge in [0.2, 0.25) is 0 Å². The van der Waals surface area contributed by atoms with Crippen LogP contribution in [-0.2, 0) is 4.74 Å². The summed E-state index contributed by atoms with van der Waals surface area (Å²) in [6.07, 6.45) is 3.14. The SMILES string of the molecule is NC(=S)c1ccc(NCC2CCCCO2)c(F)c1F. The molecule has 104 valence electrons. The Morgan fingerprint density at radius 2 is 2.16 bits per heavy atom. The number of nitrogens with two attached hydrogens (primary N) is 1. The molecule has 6 heteroatoms. The van der Waals surface area contributed by atoms with Crippen LogP contribution in [0.1, 0.15) is 24.8 Å². The van der Waals surface area contributed by atoms with Crippen molar-refractivity contribution in [3.05, 3.63) is 29.3 Å². The lowest BCUT2D eigenvalue weighted by Gasteiger charge is -2.23. The topological polar surface area (TPSA) is 47.3 Å². The first-order valence-electron chi connectivity index (χ1n) is 6.23. The lowest BCUT2D eigenvalue weighted by atomic mass is 10.1. The average molecular weight is 286 g/mol. The quantitative estimate of drug-likeness (QED) is 0.835. The summed E-state index contributed by atoms with van der Waals surface area (Å²) in [4.78, 5) is -0.154. The van der Waals surface area contributed by atoms with Gasteiger partial charge in [-0.15, -0.1) is 0 Å². The van der Waals surface area contributed by atoms with E-state index < -0.39 is 11.6 Å². The largest absolute Gasteiger partial charge is 0.389 e. The highest BCUT2D eigenvalue weighted by Crippen LogP contribution is 2.21. The lowest BCUT2D eigenvalue weighted by molar-refractivity contribution is 0.0247. The summed E-state index contributed by atoms with van der Waals surface area (Å²) < 4.78 is 33.0. The maximum atomic E-state index is 13.8. The second-order valence-corrected chi connectivity index (χ2v) is 4.96. The minimum Gasteiger partial charge on any atom is -0.389 e. The van der Waals surface area contributed by atoms with Crippen molar-refractivity contribution >= 4 is 22.9 Å². The molecule has 1 heterocycles. The molecular formula is C13H16F2N2OS. The van der Waals surface area contributed by atoms with Crippen LogP contribution in [0.25, 0.3) is 0 Å². The van der Waals surface area contributed by atoms with Gasteiger partial charge in [0.1, 0.15) is 4.99 Å². The zero-order valence-corrected chi connectivity index (χ0v) is 11.2. The highest BCUT2D eigenvalue weighted by atomic mass is 32.1. The monoisotopic (exact) mass is 286 g/mol. The van der Waals surface area contributed by atoms with E-state index in [1.165, 1.54) is 12.1 Å². The molecule has 1 unspecified atom stereocenters. The Labute approximate surface area is 116 Å². The van der Waals surface area contributed by atoms with E-state index in [4.69, 9.17) is 10.5 Å². The number of hydrogen-bond acceptors (Lipinski definition) is 3. The molecular weight excluding hydrogens is 270 g/mol. The molecule has 0 aromatic heterocycles. The van der Waals surface area contributed by atoms with Crippen molar-refractivity contribution in [1.29, 1.82) is 0 Å². The summed E-state index contributed by atoms with van der Waals surface area (Å²) in [6, 6.07) is 2.82. The number of thiocarbonyl (C=S) groups is 1. The molecule has 0 spiro atoms. The minimum absolute atomic E-state index is 0.0477. The molecule has 1 aromatic rings. The van der Waals surface area contributed by atoms with Gasteiger partial charge in [-0.2, -0.15) is 0 Å². The number of rotatable bonds is 4. The van der Waals surface area contributed by atoms with Crippen molar-refractivity contribution < 1.29 is 13.5 Å². The molecule has 1 atom stereocenters. The maximum Gasteiger partial charge on any atom is 0.182 e. The third-order valence-electron chi connectivity index (χ3n) is 3.14. The van der Waals surface area contributed by atoms with Gasteiger partial charge in [0.05, 0.1) is 11.8 Å². The summed E-state index contributed by atoms with van der Waals surface area (Å²) >= 11 is 4.65. The van der Waals surface area contributed by atoms with Crippen molar-refractivity contribution in [3.8, 4) is 0 Å². The van der Waals surface area contributed by atoms with Crippen LogP contribution in [0, 0.1) is 11.6 Å². The van der Waals surface area contributed by atoms with E-state index in [2.05, 4.69) is 17.5 Å². The van der Waals surface area contributed by atoms with Crippen molar-refractivity contribution in [2.75, 3.05) is 18.5 Å². The fourth-order valence-corrected chi connectivity index (χ4v) is 2.23. The molecule has 0 saturated carbocycles. The molecule has 3 N–H and O–H groups in total. The third-order valence-corrected chi connectivity index (χ3v) is 3.36. The molecule has 3 nitrogen and oxygen atoms in total. The number of benzene rings is 1. The Hall–Kier alpha value is -1.27. The highest BCUT2D eigenvalue weighted by Gasteiger charge is 2.17. The van der Waals surface area contributed by atoms with Crippen molar-refractivity contribution in [1.82, 2.24) is 0 Å². The van der Waals surface area contributed by atoms with Crippen LogP contribution in [0.3, 0.4) is 0 Å². The van der Waals surface area contributed by atoms with Gasteiger partial charge in [0.25, 0.3) is 0 Å². The smallest absolute Gasteiger partial charge is 0.182 e. The normalized spacial score (nSPS) is 19.2. The van der Waals surface area contributed by atoms with Crippen molar-refractivity contribution in [2.24, 2.45) is 5.73 Å². The Kier molecular flexibility index (Phi) is 4.66. The van der Waals surface area contributed by atoms with Gasteiger partial charge in [-0.25, -0.2) is 8.78 Å². The molecule has 19 heavy (non-hydrogen) atoms. The van der Waals surface area contributed by atoms with Gasteiger partial charge in [-0.1, -0.05) is 12.2 Å². The van der Waals surface area contributed by atoms with Crippen LogP contribution in [0.5, 0.6) is 0 Å². The van der Waals surface area contributed by atoms with Gasteiger partial charge in [0, 0.05) is 18.7 Å². The summed E-state index contributed by atoms with van der Waals surface area (Å²) in [6.45, 7) is 1.19. The van der Waals surface area contributed by atoms with Crippen LogP contribution in [0.4, 0.5) is 14.5 Å². The summed E-state index contributed by atoms with van der Waals surface area (Å²) in [7, 11) is 0. The first-order valence-corrected chi connectivity index (χ1v) is 6.63. The molecule has 2 rings (SSSR count). The van der Waals surface area contributed by atoms with E-state index in [-0.39, 0.29) is 22.3 Å². The molecule has 0 amide bonds. The summed E-state index contributed by atoms with van der Waals surface area (Å²) in [5, 5.41) is 2.87. The molecule has 0 aliphatic carbocycles. The van der Waals surface area contributed by atoms with E-state index in [0.29, 0.717) is 6.54 Å². The van der Waals surface area contributed by atoms with Crippen molar-refractivity contribution in [2.45, 2.75) is 25.4 Å². The fraction of sp³-hybridized carbons (Fsp3) is 0.462. The predicted molar refractivity (Wildman–Crippen MR) is 74.3 cm³/mol.